The molecule has 0 spiro atoms. The van der Waals surface area contributed by atoms with E-state index in [9.17, 15) is 18.4 Å². The lowest BCUT2D eigenvalue weighted by Gasteiger charge is -2.27. The first-order chi connectivity index (χ1) is 12.9. The van der Waals surface area contributed by atoms with E-state index in [2.05, 4.69) is 15.4 Å². The molecule has 1 unspecified atom stereocenters. The topological polar surface area (TPSA) is 67.4 Å². The van der Waals surface area contributed by atoms with Crippen LogP contribution in [0.3, 0.4) is 0 Å². The number of carbonyl (C=O) groups is 2. The zero-order valence-electron chi connectivity index (χ0n) is 14.1. The van der Waals surface area contributed by atoms with Gasteiger partial charge in [0.1, 0.15) is 11.6 Å². The van der Waals surface area contributed by atoms with Crippen molar-refractivity contribution in [1.82, 2.24) is 5.32 Å². The van der Waals surface area contributed by atoms with Crippen molar-refractivity contribution in [2.75, 3.05) is 18.2 Å². The molecule has 0 fully saturated rings. The Morgan fingerprint density at radius 2 is 1.96 bits per heavy atom. The molecule has 1 atom stereocenters. The van der Waals surface area contributed by atoms with Gasteiger partial charge in [0.25, 0.3) is 5.91 Å². The third kappa shape index (κ3) is 4.17. The molecule has 1 aliphatic rings. The molecule has 27 heavy (non-hydrogen) atoms. The van der Waals surface area contributed by atoms with Crippen molar-refractivity contribution in [2.24, 2.45) is 0 Å². The second kappa shape index (κ2) is 8.14. The number of rotatable bonds is 3. The quantitative estimate of drug-likeness (QED) is 0.762. The molecular weight excluding hydrogens is 398 g/mol. The normalized spacial score (nSPS) is 15.6. The summed E-state index contributed by atoms with van der Waals surface area (Å²) in [6, 6.07) is 5.78. The van der Waals surface area contributed by atoms with Crippen LogP contribution in [0.2, 0.25) is 5.02 Å². The summed E-state index contributed by atoms with van der Waals surface area (Å²) in [4.78, 5) is 24.7. The van der Waals surface area contributed by atoms with Gasteiger partial charge in [-0.3, -0.25) is 4.79 Å². The molecule has 3 rings (SSSR count). The summed E-state index contributed by atoms with van der Waals surface area (Å²) in [5, 5.41) is 5.09. The Bertz CT molecular complexity index is 910. The number of anilines is 1. The van der Waals surface area contributed by atoms with Gasteiger partial charge < -0.3 is 15.4 Å². The number of benzene rings is 2. The first kappa shape index (κ1) is 19.4. The summed E-state index contributed by atoms with van der Waals surface area (Å²) < 4.78 is 32.3. The largest absolute Gasteiger partial charge is 0.453 e. The Kier molecular flexibility index (Phi) is 5.86. The zero-order valence-corrected chi connectivity index (χ0v) is 15.7. The number of amides is 2. The van der Waals surface area contributed by atoms with Crippen molar-refractivity contribution in [2.45, 2.75) is 17.4 Å². The maximum absolute atomic E-state index is 14.4. The van der Waals surface area contributed by atoms with E-state index in [0.717, 1.165) is 6.07 Å². The lowest BCUT2D eigenvalue weighted by Crippen LogP contribution is -2.32. The molecule has 0 aliphatic carbocycles. The van der Waals surface area contributed by atoms with Gasteiger partial charge in [0.2, 0.25) is 0 Å². The van der Waals surface area contributed by atoms with E-state index in [4.69, 9.17) is 11.6 Å². The predicted molar refractivity (Wildman–Crippen MR) is 99.4 cm³/mol. The van der Waals surface area contributed by atoms with Gasteiger partial charge in [0, 0.05) is 21.9 Å². The molecule has 0 radical (unpaired) electrons. The minimum Gasteiger partial charge on any atom is -0.453 e. The van der Waals surface area contributed by atoms with Crippen LogP contribution in [0.15, 0.2) is 35.2 Å². The lowest BCUT2D eigenvalue weighted by molar-refractivity contribution is 0.102. The van der Waals surface area contributed by atoms with Crippen LogP contribution in [0.5, 0.6) is 0 Å². The van der Waals surface area contributed by atoms with E-state index in [0.29, 0.717) is 22.8 Å². The average molecular weight is 413 g/mol. The molecule has 2 aromatic rings. The van der Waals surface area contributed by atoms with Gasteiger partial charge in [-0.05, 0) is 36.8 Å². The average Bonchev–Trinajstić information content (AvgIpc) is 2.65. The van der Waals surface area contributed by atoms with Gasteiger partial charge in [0.05, 0.1) is 23.7 Å². The highest BCUT2D eigenvalue weighted by Crippen LogP contribution is 2.40. The van der Waals surface area contributed by atoms with Crippen molar-refractivity contribution in [1.29, 1.82) is 0 Å². The number of hydrogen-bond acceptors (Lipinski definition) is 4. The molecule has 1 heterocycles. The molecule has 0 bridgehead atoms. The Morgan fingerprint density at radius 1 is 1.22 bits per heavy atom. The van der Waals surface area contributed by atoms with Crippen LogP contribution in [0.25, 0.3) is 0 Å². The molecule has 142 valence electrons. The maximum atomic E-state index is 14.4. The van der Waals surface area contributed by atoms with E-state index < -0.39 is 29.7 Å². The number of carbonyl (C=O) groups excluding carboxylic acids is 2. The van der Waals surface area contributed by atoms with Crippen LogP contribution in [0.4, 0.5) is 19.3 Å². The third-order valence-electron chi connectivity index (χ3n) is 4.04. The summed E-state index contributed by atoms with van der Waals surface area (Å²) in [5.41, 5.74) is 0.823. The highest BCUT2D eigenvalue weighted by atomic mass is 35.5. The molecule has 9 heteroatoms. The van der Waals surface area contributed by atoms with Crippen LogP contribution >= 0.6 is 23.4 Å². The summed E-state index contributed by atoms with van der Waals surface area (Å²) >= 11 is 7.06. The first-order valence-corrected chi connectivity index (χ1v) is 9.33. The van der Waals surface area contributed by atoms with Crippen molar-refractivity contribution in [3.8, 4) is 0 Å². The van der Waals surface area contributed by atoms with Gasteiger partial charge >= 0.3 is 6.09 Å². The van der Waals surface area contributed by atoms with Gasteiger partial charge in [-0.15, -0.1) is 11.8 Å². The van der Waals surface area contributed by atoms with Crippen molar-refractivity contribution in [3.63, 3.8) is 0 Å². The zero-order chi connectivity index (χ0) is 19.6. The molecule has 2 N–H and O–H groups in total. The highest BCUT2D eigenvalue weighted by molar-refractivity contribution is 7.99. The molecule has 0 aromatic heterocycles. The number of nitrogens with one attached hydrogen (secondary N) is 2. The number of alkyl carbamates (subject to hydrolysis) is 1. The number of ether oxygens (including phenoxy) is 1. The lowest BCUT2D eigenvalue weighted by atomic mass is 10.00. The molecule has 2 aromatic carbocycles. The van der Waals surface area contributed by atoms with E-state index in [1.807, 2.05) is 0 Å². The van der Waals surface area contributed by atoms with Crippen LogP contribution in [-0.4, -0.2) is 24.9 Å². The molecule has 2 amide bonds. The maximum Gasteiger partial charge on any atom is 0.407 e. The fourth-order valence-electron chi connectivity index (χ4n) is 2.78. The first-order valence-electron chi connectivity index (χ1n) is 7.96. The van der Waals surface area contributed by atoms with Gasteiger partial charge in [0.15, 0.2) is 0 Å². The Morgan fingerprint density at radius 3 is 2.67 bits per heavy atom. The molecule has 1 aliphatic heterocycles. The van der Waals surface area contributed by atoms with E-state index >= 15 is 0 Å². The predicted octanol–water partition coefficient (Wildman–Crippen LogP) is 4.76. The second-order valence-corrected chi connectivity index (χ2v) is 7.26. The Balaban J connectivity index is 1.92. The number of halogens is 3. The van der Waals surface area contributed by atoms with E-state index in [1.54, 1.807) is 0 Å². The Labute approximate surface area is 163 Å². The molecule has 0 saturated carbocycles. The molecular formula is C18H15ClF2N2O3S. The van der Waals surface area contributed by atoms with Crippen LogP contribution in [-0.2, 0) is 4.74 Å². The van der Waals surface area contributed by atoms with Crippen molar-refractivity contribution >= 4 is 41.1 Å². The summed E-state index contributed by atoms with van der Waals surface area (Å²) in [6.45, 7) is 0. The fraction of sp³-hybridized carbons (Fsp3) is 0.222. The van der Waals surface area contributed by atoms with Crippen LogP contribution in [0, 0.1) is 11.6 Å². The monoisotopic (exact) mass is 412 g/mol. The van der Waals surface area contributed by atoms with E-state index in [-0.39, 0.29) is 16.1 Å². The minimum absolute atomic E-state index is 0.120. The minimum atomic E-state index is -0.673. The van der Waals surface area contributed by atoms with Crippen molar-refractivity contribution < 1.29 is 23.1 Å². The molecule has 0 saturated heterocycles. The summed E-state index contributed by atoms with van der Waals surface area (Å²) in [6.07, 6.45) is -0.171. The third-order valence-corrected chi connectivity index (χ3v) is 5.50. The number of fused-ring (bicyclic) bond motifs is 1. The molecule has 5 nitrogen and oxygen atoms in total. The van der Waals surface area contributed by atoms with Gasteiger partial charge in [-0.2, -0.15) is 0 Å². The SMILES string of the molecule is COC(=O)NC1CCSc2c(C(=O)Nc3ccc(F)c(Cl)c3)ccc(F)c21. The van der Waals surface area contributed by atoms with Crippen molar-refractivity contribution in [3.05, 3.63) is 58.1 Å². The summed E-state index contributed by atoms with van der Waals surface area (Å²) in [7, 11) is 1.22. The van der Waals surface area contributed by atoms with E-state index in [1.165, 1.54) is 43.1 Å². The highest BCUT2D eigenvalue weighted by Gasteiger charge is 2.29. The van der Waals surface area contributed by atoms with Gasteiger partial charge in [-0.1, -0.05) is 11.6 Å². The Hall–Kier alpha value is -2.32. The summed E-state index contributed by atoms with van der Waals surface area (Å²) in [5.74, 6) is -1.01. The van der Waals surface area contributed by atoms with Gasteiger partial charge in [-0.25, -0.2) is 13.6 Å². The van der Waals surface area contributed by atoms with Crippen LogP contribution in [0.1, 0.15) is 28.4 Å². The second-order valence-electron chi connectivity index (χ2n) is 5.75. The fourth-order valence-corrected chi connectivity index (χ4v) is 4.23. The number of methoxy groups -OCH3 is 1. The smallest absolute Gasteiger partial charge is 0.407 e. The number of hydrogen-bond donors (Lipinski definition) is 2. The van der Waals surface area contributed by atoms with Crippen LogP contribution < -0.4 is 10.6 Å². The number of thioether (sulfide) groups is 1. The standard InChI is InChI=1S/C18H15ClF2N2O3S/c1-26-18(25)23-14-6-7-27-16-10(3-5-13(21)15(14)16)17(24)22-9-2-4-12(20)11(19)8-9/h2-5,8,14H,6-7H2,1H3,(H,22,24)(H,23,25).